The van der Waals surface area contributed by atoms with E-state index in [1.54, 1.807) is 0 Å². The number of benzene rings is 8. The van der Waals surface area contributed by atoms with Crippen LogP contribution in [-0.2, 0) is 0 Å². The van der Waals surface area contributed by atoms with Crippen molar-refractivity contribution in [2.75, 3.05) is 4.81 Å². The van der Waals surface area contributed by atoms with Crippen LogP contribution in [0.25, 0.3) is 60.9 Å². The lowest BCUT2D eigenvalue weighted by Crippen LogP contribution is -2.59. The number of anilines is 2. The van der Waals surface area contributed by atoms with Gasteiger partial charge in [0.25, 0.3) is 0 Å². The lowest BCUT2D eigenvalue weighted by molar-refractivity contribution is 0.487. The highest BCUT2D eigenvalue weighted by molar-refractivity contribution is 6.92. The summed E-state index contributed by atoms with van der Waals surface area (Å²) in [6, 6.07) is 67.9. The van der Waals surface area contributed by atoms with E-state index in [0.29, 0.717) is 0 Å². The monoisotopic (exact) mass is 662 g/mol. The number of fused-ring (bicyclic) bond motifs is 7. The summed E-state index contributed by atoms with van der Waals surface area (Å²) in [5.74, 6) is 1.78. The van der Waals surface area contributed by atoms with Crippen LogP contribution in [-0.4, -0.2) is 11.4 Å². The number of para-hydroxylation sites is 4. The molecule has 9 aromatic rings. The molecule has 0 saturated heterocycles. The molecule has 3 nitrogen and oxygen atoms in total. The average molecular weight is 663 g/mol. The van der Waals surface area contributed by atoms with E-state index >= 15 is 0 Å². The summed E-state index contributed by atoms with van der Waals surface area (Å²) in [7, 11) is 0. The van der Waals surface area contributed by atoms with Crippen LogP contribution >= 0.6 is 0 Å². The van der Waals surface area contributed by atoms with Gasteiger partial charge in [0.2, 0.25) is 0 Å². The second-order valence-electron chi connectivity index (χ2n) is 13.7. The van der Waals surface area contributed by atoms with Gasteiger partial charge in [0.1, 0.15) is 11.5 Å². The molecule has 0 fully saturated rings. The Kier molecular flexibility index (Phi) is 6.35. The molecule has 52 heavy (non-hydrogen) atoms. The molecule has 4 heteroatoms. The second-order valence-corrected chi connectivity index (χ2v) is 13.7. The maximum atomic E-state index is 6.89. The fourth-order valence-electron chi connectivity index (χ4n) is 8.54. The molecule has 0 radical (unpaired) electrons. The first-order chi connectivity index (χ1) is 25.8. The molecule has 2 aliphatic heterocycles. The first kappa shape index (κ1) is 29.0. The summed E-state index contributed by atoms with van der Waals surface area (Å²) < 4.78 is 9.29. The molecule has 0 spiro atoms. The van der Waals surface area contributed by atoms with Gasteiger partial charge in [-0.1, -0.05) is 133 Å². The molecule has 11 rings (SSSR count). The lowest BCUT2D eigenvalue weighted by Gasteiger charge is -2.42. The summed E-state index contributed by atoms with van der Waals surface area (Å²) in [5, 5.41) is 2.48. The Morgan fingerprint density at radius 1 is 0.404 bits per heavy atom. The van der Waals surface area contributed by atoms with Gasteiger partial charge in [0, 0.05) is 39.2 Å². The number of nitrogens with zero attached hydrogens (tertiary/aromatic N) is 2. The minimum Gasteiger partial charge on any atom is -0.458 e. The van der Waals surface area contributed by atoms with E-state index in [-0.39, 0.29) is 6.85 Å². The van der Waals surface area contributed by atoms with Crippen molar-refractivity contribution < 1.29 is 4.74 Å². The zero-order valence-corrected chi connectivity index (χ0v) is 28.3. The van der Waals surface area contributed by atoms with Gasteiger partial charge in [-0.05, 0) is 81.8 Å². The second kappa shape index (κ2) is 11.4. The molecule has 242 valence electrons. The zero-order chi connectivity index (χ0) is 34.2. The van der Waals surface area contributed by atoms with Crippen LogP contribution in [0.3, 0.4) is 0 Å². The van der Waals surface area contributed by atoms with Crippen molar-refractivity contribution in [1.29, 1.82) is 0 Å². The molecule has 0 bridgehead atoms. The number of aromatic nitrogens is 1. The Bertz CT molecular complexity index is 2790. The van der Waals surface area contributed by atoms with Gasteiger partial charge in [-0.2, -0.15) is 0 Å². The summed E-state index contributed by atoms with van der Waals surface area (Å²) in [4.78, 5) is 2.52. The van der Waals surface area contributed by atoms with Crippen LogP contribution in [0.15, 0.2) is 188 Å². The minimum atomic E-state index is -0.0806. The molecule has 0 unspecified atom stereocenters. The normalized spacial score (nSPS) is 12.7. The van der Waals surface area contributed by atoms with Crippen LogP contribution in [0.5, 0.6) is 11.5 Å². The molecule has 1 aromatic heterocycles. The third-order valence-corrected chi connectivity index (χ3v) is 10.8. The van der Waals surface area contributed by atoms with Crippen molar-refractivity contribution in [1.82, 2.24) is 4.57 Å². The van der Waals surface area contributed by atoms with Crippen LogP contribution in [0, 0.1) is 0 Å². The topological polar surface area (TPSA) is 17.4 Å². The molecule has 8 aromatic carbocycles. The number of hydrogen-bond donors (Lipinski definition) is 0. The number of hydrogen-bond acceptors (Lipinski definition) is 2. The average Bonchev–Trinajstić information content (AvgIpc) is 3.55. The van der Waals surface area contributed by atoms with E-state index in [4.69, 9.17) is 4.74 Å². The van der Waals surface area contributed by atoms with Gasteiger partial charge in [-0.25, -0.2) is 0 Å². The molecule has 0 saturated carbocycles. The first-order valence-electron chi connectivity index (χ1n) is 17.9. The summed E-state index contributed by atoms with van der Waals surface area (Å²) in [5.41, 5.74) is 15.3. The summed E-state index contributed by atoms with van der Waals surface area (Å²) in [6.45, 7) is -0.0806. The van der Waals surface area contributed by atoms with Crippen LogP contribution in [0.2, 0.25) is 0 Å². The molecular weight excluding hydrogens is 631 g/mol. The fraction of sp³-hybridized carbons (Fsp3) is 0. The van der Waals surface area contributed by atoms with Crippen molar-refractivity contribution in [3.8, 4) is 50.6 Å². The van der Waals surface area contributed by atoms with E-state index in [2.05, 4.69) is 197 Å². The van der Waals surface area contributed by atoms with Crippen molar-refractivity contribution in [2.24, 2.45) is 0 Å². The maximum absolute atomic E-state index is 6.89. The maximum Gasteiger partial charge on any atom is 0.336 e. The highest BCUT2D eigenvalue weighted by Gasteiger charge is 2.44. The third kappa shape index (κ3) is 4.34. The Hall–Kier alpha value is -6.78. The third-order valence-electron chi connectivity index (χ3n) is 10.8. The van der Waals surface area contributed by atoms with Crippen LogP contribution < -0.4 is 20.5 Å². The van der Waals surface area contributed by atoms with Gasteiger partial charge in [0.15, 0.2) is 0 Å². The van der Waals surface area contributed by atoms with E-state index < -0.39 is 0 Å². The largest absolute Gasteiger partial charge is 0.458 e. The van der Waals surface area contributed by atoms with Crippen LogP contribution in [0.4, 0.5) is 11.4 Å². The number of rotatable bonds is 4. The number of ether oxygens (including phenoxy) is 1. The molecular formula is C48H31BN2O. The molecule has 0 aliphatic carbocycles. The highest BCUT2D eigenvalue weighted by Crippen LogP contribution is 2.47. The minimum absolute atomic E-state index is 0.0806. The van der Waals surface area contributed by atoms with Gasteiger partial charge >= 0.3 is 6.85 Å². The molecule has 0 atom stereocenters. The highest BCUT2D eigenvalue weighted by atomic mass is 16.5. The molecule has 0 N–H and O–H groups in total. The van der Waals surface area contributed by atoms with Crippen molar-refractivity contribution in [3.63, 3.8) is 0 Å². The van der Waals surface area contributed by atoms with Gasteiger partial charge in [-0.3, -0.25) is 0 Å². The van der Waals surface area contributed by atoms with Gasteiger partial charge in [-0.15, -0.1) is 0 Å². The molecule has 2 aliphatic rings. The van der Waals surface area contributed by atoms with E-state index in [9.17, 15) is 0 Å². The summed E-state index contributed by atoms with van der Waals surface area (Å²) in [6.07, 6.45) is 0. The molecule has 3 heterocycles. The van der Waals surface area contributed by atoms with Crippen LogP contribution in [0.1, 0.15) is 0 Å². The SMILES string of the molecule is c1ccc(-c2cccc(-c3ccc4c(c3)N(c3ccccc3)B3c5ccccc5Oc5cc(-n6c7ccccc7c7ccccc76)cc-4c53)c2)cc1. The lowest BCUT2D eigenvalue weighted by atomic mass is 9.44. The standard InChI is InChI=1S/C48H31BN2O/c1-3-14-32(15-4-1)33-16-13-17-34(28-33)35-26-27-40-41-30-37(50-43-23-10-7-20-38(43)39-21-8-11-24-44(39)50)31-47-48(41)49(42-22-9-12-25-46(42)52-47)51(45(40)29-35)36-18-5-2-6-19-36/h1-31H. The predicted molar refractivity (Wildman–Crippen MR) is 217 cm³/mol. The Labute approximate surface area is 302 Å². The van der Waals surface area contributed by atoms with Gasteiger partial charge in [0.05, 0.1) is 16.7 Å². The van der Waals surface area contributed by atoms with Crippen molar-refractivity contribution in [2.45, 2.75) is 0 Å². The van der Waals surface area contributed by atoms with E-state index in [1.165, 1.54) is 66.3 Å². The fourth-order valence-corrected chi connectivity index (χ4v) is 8.54. The quantitative estimate of drug-likeness (QED) is 0.175. The van der Waals surface area contributed by atoms with E-state index in [1.807, 2.05) is 0 Å². The Balaban J connectivity index is 1.19. The summed E-state index contributed by atoms with van der Waals surface area (Å²) >= 11 is 0. The zero-order valence-electron chi connectivity index (χ0n) is 28.3. The van der Waals surface area contributed by atoms with Crippen molar-refractivity contribution >= 4 is 51.0 Å². The Morgan fingerprint density at radius 2 is 1.02 bits per heavy atom. The van der Waals surface area contributed by atoms with Crippen molar-refractivity contribution in [3.05, 3.63) is 188 Å². The molecule has 0 amide bonds. The smallest absolute Gasteiger partial charge is 0.336 e. The Morgan fingerprint density at radius 3 is 1.79 bits per heavy atom. The van der Waals surface area contributed by atoms with E-state index in [0.717, 1.165) is 28.3 Å². The predicted octanol–water partition coefficient (Wildman–Crippen LogP) is 11.1. The first-order valence-corrected chi connectivity index (χ1v) is 17.9. The van der Waals surface area contributed by atoms with Gasteiger partial charge < -0.3 is 14.1 Å².